The molecule has 8 nitrogen and oxygen atoms in total. The Morgan fingerprint density at radius 1 is 0.912 bits per heavy atom. The number of pyridine rings is 2. The molecule has 176 valence electrons. The first kappa shape index (κ1) is 23.2. The molecule has 0 unspecified atom stereocenters. The molecule has 1 aliphatic rings. The zero-order valence-electron chi connectivity index (χ0n) is 19.5. The van der Waals surface area contributed by atoms with Gasteiger partial charge in [-0.05, 0) is 66.8 Å². The average Bonchev–Trinajstić information content (AvgIpc) is 3.15. The van der Waals surface area contributed by atoms with Gasteiger partial charge in [-0.15, -0.1) is 0 Å². The van der Waals surface area contributed by atoms with Crippen LogP contribution in [0.3, 0.4) is 0 Å². The fraction of sp³-hybridized carbons (Fsp3) is 0.308. The lowest BCUT2D eigenvalue weighted by atomic mass is 9.98. The minimum absolute atomic E-state index is 0.0500. The number of hydrogen-bond donors (Lipinski definition) is 2. The average molecular weight is 460 g/mol. The topological polar surface area (TPSA) is 96.4 Å². The Kier molecular flexibility index (Phi) is 7.37. The highest BCUT2D eigenvalue weighted by atomic mass is 16.5. The van der Waals surface area contributed by atoms with E-state index in [1.165, 1.54) is 20.0 Å². The van der Waals surface area contributed by atoms with Crippen LogP contribution >= 0.6 is 0 Å². The van der Waals surface area contributed by atoms with Crippen molar-refractivity contribution in [1.82, 2.24) is 14.9 Å². The fourth-order valence-electron chi connectivity index (χ4n) is 4.07. The Balaban J connectivity index is 1.57. The van der Waals surface area contributed by atoms with Crippen molar-refractivity contribution in [3.05, 3.63) is 60.6 Å². The van der Waals surface area contributed by atoms with Crippen LogP contribution in [0.1, 0.15) is 31.2 Å². The number of aryl methyl sites for hydroxylation is 1. The molecular formula is C26H29N5O3. The van der Waals surface area contributed by atoms with Crippen LogP contribution in [-0.4, -0.2) is 47.2 Å². The molecule has 0 radical (unpaired) electrons. The van der Waals surface area contributed by atoms with Crippen LogP contribution in [0.4, 0.5) is 21.1 Å². The third-order valence-electron chi connectivity index (χ3n) is 5.94. The highest BCUT2D eigenvalue weighted by molar-refractivity contribution is 5.90. The van der Waals surface area contributed by atoms with E-state index >= 15 is 0 Å². The normalized spacial score (nSPS) is 13.6. The van der Waals surface area contributed by atoms with Gasteiger partial charge in [0, 0.05) is 48.5 Å². The van der Waals surface area contributed by atoms with Crippen LogP contribution in [0, 0.1) is 6.92 Å². The number of rotatable bonds is 4. The highest BCUT2D eigenvalue weighted by Gasteiger charge is 2.16. The van der Waals surface area contributed by atoms with Gasteiger partial charge in [-0.1, -0.05) is 18.9 Å². The molecular weight excluding hydrogens is 430 g/mol. The van der Waals surface area contributed by atoms with Gasteiger partial charge in [0.15, 0.2) is 0 Å². The minimum Gasteiger partial charge on any atom is -0.453 e. The molecule has 2 N–H and O–H groups in total. The predicted molar refractivity (Wildman–Crippen MR) is 133 cm³/mol. The van der Waals surface area contributed by atoms with Crippen molar-refractivity contribution in [2.45, 2.75) is 32.6 Å². The molecule has 3 heterocycles. The Bertz CT molecular complexity index is 1170. The number of anilines is 2. The molecule has 2 aromatic heterocycles. The third kappa shape index (κ3) is 5.70. The number of urea groups is 1. The van der Waals surface area contributed by atoms with Gasteiger partial charge < -0.3 is 15.0 Å². The lowest BCUT2D eigenvalue weighted by Crippen LogP contribution is -2.35. The number of amides is 3. The summed E-state index contributed by atoms with van der Waals surface area (Å²) in [6.07, 6.45) is 9.08. The van der Waals surface area contributed by atoms with E-state index in [9.17, 15) is 9.59 Å². The summed E-state index contributed by atoms with van der Waals surface area (Å²) in [6.45, 7) is 3.64. The number of nitrogens with zero attached hydrogens (tertiary/aromatic N) is 3. The summed E-state index contributed by atoms with van der Waals surface area (Å²) in [5.74, 6) is 0.393. The number of benzene rings is 1. The second-order valence-corrected chi connectivity index (χ2v) is 8.37. The monoisotopic (exact) mass is 459 g/mol. The smallest absolute Gasteiger partial charge is 0.412 e. The van der Waals surface area contributed by atoms with Crippen molar-refractivity contribution in [2.24, 2.45) is 0 Å². The lowest BCUT2D eigenvalue weighted by molar-refractivity contribution is 0.187. The summed E-state index contributed by atoms with van der Waals surface area (Å²) in [7, 11) is 1.30. The van der Waals surface area contributed by atoms with Crippen LogP contribution < -0.4 is 10.6 Å². The molecule has 1 fully saturated rings. The lowest BCUT2D eigenvalue weighted by Gasteiger charge is -2.21. The van der Waals surface area contributed by atoms with Gasteiger partial charge in [0.25, 0.3) is 0 Å². The van der Waals surface area contributed by atoms with Crippen molar-refractivity contribution in [1.29, 1.82) is 0 Å². The van der Waals surface area contributed by atoms with Crippen LogP contribution in [0.15, 0.2) is 55.0 Å². The highest BCUT2D eigenvalue weighted by Crippen LogP contribution is 2.30. The second-order valence-electron chi connectivity index (χ2n) is 8.37. The van der Waals surface area contributed by atoms with Crippen molar-refractivity contribution in [3.63, 3.8) is 0 Å². The molecule has 3 aromatic rings. The molecule has 34 heavy (non-hydrogen) atoms. The zero-order chi connectivity index (χ0) is 23.9. The van der Waals surface area contributed by atoms with Gasteiger partial charge in [0.05, 0.1) is 7.11 Å². The standard InChI is InChI=1S/C26H29N5O3/c1-18-7-8-22(29-25(32)31-11-5-3-4-6-12-31)15-23(18)21-13-20(16-27-17-21)19-9-10-28-24(14-19)30-26(33)34-2/h7-10,13-17H,3-6,11-12H2,1-2H3,(H,29,32)(H,28,30,33). The number of aromatic nitrogens is 2. The predicted octanol–water partition coefficient (Wildman–Crippen LogP) is 5.71. The SMILES string of the molecule is COC(=O)Nc1cc(-c2cncc(-c3cc(NC(=O)N4CCCCCC4)ccc3C)c2)ccn1. The molecule has 0 aliphatic carbocycles. The molecule has 0 atom stereocenters. The molecule has 4 rings (SSSR count). The molecule has 1 aliphatic heterocycles. The Hall–Kier alpha value is -3.94. The maximum absolute atomic E-state index is 12.8. The largest absolute Gasteiger partial charge is 0.453 e. The fourth-order valence-corrected chi connectivity index (χ4v) is 4.07. The quantitative estimate of drug-likeness (QED) is 0.521. The van der Waals surface area contributed by atoms with E-state index in [1.807, 2.05) is 42.2 Å². The third-order valence-corrected chi connectivity index (χ3v) is 5.94. The van der Waals surface area contributed by atoms with E-state index in [0.717, 1.165) is 59.4 Å². The van der Waals surface area contributed by atoms with Gasteiger partial charge in [0.1, 0.15) is 5.82 Å². The van der Waals surface area contributed by atoms with E-state index in [4.69, 9.17) is 0 Å². The van der Waals surface area contributed by atoms with Gasteiger partial charge in [-0.3, -0.25) is 10.3 Å². The first-order valence-electron chi connectivity index (χ1n) is 11.5. The van der Waals surface area contributed by atoms with E-state index in [-0.39, 0.29) is 6.03 Å². The van der Waals surface area contributed by atoms with E-state index in [0.29, 0.717) is 5.82 Å². The molecule has 8 heteroatoms. The zero-order valence-corrected chi connectivity index (χ0v) is 19.5. The number of hydrogen-bond acceptors (Lipinski definition) is 5. The van der Waals surface area contributed by atoms with E-state index < -0.39 is 6.09 Å². The molecule has 0 bridgehead atoms. The number of carbonyl (C=O) groups excluding carboxylic acids is 2. The maximum Gasteiger partial charge on any atom is 0.412 e. The van der Waals surface area contributed by atoms with E-state index in [2.05, 4.69) is 25.3 Å². The minimum atomic E-state index is -0.578. The summed E-state index contributed by atoms with van der Waals surface area (Å²) in [6, 6.07) is 11.5. The summed E-state index contributed by atoms with van der Waals surface area (Å²) in [4.78, 5) is 34.8. The second kappa shape index (κ2) is 10.8. The first-order valence-corrected chi connectivity index (χ1v) is 11.5. The molecule has 1 saturated heterocycles. The number of methoxy groups -OCH3 is 1. The van der Waals surface area contributed by atoms with Gasteiger partial charge in [-0.2, -0.15) is 0 Å². The number of ether oxygens (including phenoxy) is 1. The van der Waals surface area contributed by atoms with Gasteiger partial charge >= 0.3 is 12.1 Å². The van der Waals surface area contributed by atoms with Crippen molar-refractivity contribution >= 4 is 23.6 Å². The summed E-state index contributed by atoms with van der Waals surface area (Å²) < 4.78 is 4.64. The summed E-state index contributed by atoms with van der Waals surface area (Å²) in [5.41, 5.74) is 5.50. The Morgan fingerprint density at radius 2 is 1.68 bits per heavy atom. The number of likely N-dealkylation sites (tertiary alicyclic amines) is 1. The molecule has 0 spiro atoms. The number of nitrogens with one attached hydrogen (secondary N) is 2. The van der Waals surface area contributed by atoms with Crippen LogP contribution in [-0.2, 0) is 4.74 Å². The maximum atomic E-state index is 12.8. The molecule has 0 saturated carbocycles. The summed E-state index contributed by atoms with van der Waals surface area (Å²) in [5, 5.41) is 5.64. The first-order chi connectivity index (χ1) is 16.5. The van der Waals surface area contributed by atoms with Crippen molar-refractivity contribution in [2.75, 3.05) is 30.8 Å². The van der Waals surface area contributed by atoms with Crippen LogP contribution in [0.5, 0.6) is 0 Å². The molecule has 1 aromatic carbocycles. The van der Waals surface area contributed by atoms with Gasteiger partial charge in [0.2, 0.25) is 0 Å². The van der Waals surface area contributed by atoms with Crippen molar-refractivity contribution < 1.29 is 14.3 Å². The Morgan fingerprint density at radius 3 is 2.44 bits per heavy atom. The van der Waals surface area contributed by atoms with Crippen LogP contribution in [0.2, 0.25) is 0 Å². The Labute approximate surface area is 199 Å². The van der Waals surface area contributed by atoms with Crippen LogP contribution in [0.25, 0.3) is 22.3 Å². The molecule has 3 amide bonds. The van der Waals surface area contributed by atoms with Gasteiger partial charge in [-0.25, -0.2) is 14.6 Å². The summed E-state index contributed by atoms with van der Waals surface area (Å²) >= 11 is 0. The van der Waals surface area contributed by atoms with Crippen molar-refractivity contribution in [3.8, 4) is 22.3 Å². The number of carbonyl (C=O) groups is 2. The van der Waals surface area contributed by atoms with E-state index in [1.54, 1.807) is 24.7 Å².